The Balaban J connectivity index is 1.66. The number of rotatable bonds is 2. The zero-order valence-electron chi connectivity index (χ0n) is 11.1. The van der Waals surface area contributed by atoms with Crippen molar-refractivity contribution in [1.29, 1.82) is 0 Å². The summed E-state index contributed by atoms with van der Waals surface area (Å²) in [5, 5.41) is 0.847. The highest BCUT2D eigenvalue weighted by atomic mass is 16.2. The van der Waals surface area contributed by atoms with Crippen LogP contribution in [-0.4, -0.2) is 16.8 Å². The average Bonchev–Trinajstić information content (AvgIpc) is 3.13. The van der Waals surface area contributed by atoms with Gasteiger partial charge in [0.25, 0.3) is 5.91 Å². The van der Waals surface area contributed by atoms with Crippen LogP contribution in [0, 0.1) is 5.92 Å². The van der Waals surface area contributed by atoms with Gasteiger partial charge in [-0.25, -0.2) is 0 Å². The molecule has 3 N–H and O–H groups in total. The van der Waals surface area contributed by atoms with E-state index in [1.54, 1.807) is 6.20 Å². The number of H-pyrrole nitrogens is 1. The lowest BCUT2D eigenvalue weighted by atomic mass is 10.1. The van der Waals surface area contributed by atoms with Crippen LogP contribution in [0.2, 0.25) is 0 Å². The molecule has 20 heavy (non-hydrogen) atoms. The molecular weight excluding hydrogens is 254 g/mol. The van der Waals surface area contributed by atoms with Crippen LogP contribution in [0.15, 0.2) is 30.5 Å². The second-order valence-electron chi connectivity index (χ2n) is 5.17. The Bertz CT molecular complexity index is 641. The smallest absolute Gasteiger partial charge is 0.271 e. The molecule has 0 spiro atoms. The molecule has 0 saturated heterocycles. The second kappa shape index (κ2) is 5.36. The van der Waals surface area contributed by atoms with Gasteiger partial charge in [0.2, 0.25) is 5.91 Å². The first-order valence-corrected chi connectivity index (χ1v) is 6.92. The van der Waals surface area contributed by atoms with Crippen LogP contribution >= 0.6 is 0 Å². The number of fused-ring (bicyclic) bond motifs is 1. The molecule has 0 unspecified atom stereocenters. The van der Waals surface area contributed by atoms with Crippen molar-refractivity contribution in [3.05, 3.63) is 36.0 Å². The van der Waals surface area contributed by atoms with Gasteiger partial charge in [0, 0.05) is 23.0 Å². The summed E-state index contributed by atoms with van der Waals surface area (Å²) in [6.07, 6.45) is 5.66. The highest BCUT2D eigenvalue weighted by Crippen LogP contribution is 2.24. The van der Waals surface area contributed by atoms with Crippen molar-refractivity contribution in [2.24, 2.45) is 5.92 Å². The first kappa shape index (κ1) is 12.7. The number of carbonyl (C=O) groups is 2. The Hall–Kier alpha value is -2.30. The van der Waals surface area contributed by atoms with Crippen molar-refractivity contribution in [3.63, 3.8) is 0 Å². The Labute approximate surface area is 116 Å². The lowest BCUT2D eigenvalue weighted by molar-refractivity contribution is -0.125. The summed E-state index contributed by atoms with van der Waals surface area (Å²) in [6, 6.07) is 7.56. The molecule has 1 aliphatic carbocycles. The molecule has 104 valence electrons. The van der Waals surface area contributed by atoms with Crippen LogP contribution in [0.1, 0.15) is 36.0 Å². The number of aromatic amines is 1. The number of nitrogens with one attached hydrogen (secondary N) is 3. The normalized spacial score (nSPS) is 15.4. The van der Waals surface area contributed by atoms with E-state index in [9.17, 15) is 9.59 Å². The van der Waals surface area contributed by atoms with E-state index in [0.29, 0.717) is 5.56 Å². The third kappa shape index (κ3) is 2.39. The number of hydrogen-bond donors (Lipinski definition) is 3. The number of amides is 2. The number of para-hydroxylation sites is 1. The third-order valence-electron chi connectivity index (χ3n) is 3.86. The van der Waals surface area contributed by atoms with E-state index >= 15 is 0 Å². The maximum Gasteiger partial charge on any atom is 0.271 e. The van der Waals surface area contributed by atoms with E-state index in [-0.39, 0.29) is 17.7 Å². The lowest BCUT2D eigenvalue weighted by Crippen LogP contribution is -2.44. The Kier molecular flexibility index (Phi) is 3.41. The minimum atomic E-state index is -0.297. The SMILES string of the molecule is O=C(NNC(=O)C1CCCC1)c1c[nH]c2ccccc12. The summed E-state index contributed by atoms with van der Waals surface area (Å²) in [7, 11) is 0. The summed E-state index contributed by atoms with van der Waals surface area (Å²) in [6.45, 7) is 0. The van der Waals surface area contributed by atoms with Gasteiger partial charge in [-0.05, 0) is 18.9 Å². The van der Waals surface area contributed by atoms with Gasteiger partial charge in [-0.1, -0.05) is 31.0 Å². The Morgan fingerprint density at radius 3 is 2.65 bits per heavy atom. The van der Waals surface area contributed by atoms with E-state index < -0.39 is 0 Å². The van der Waals surface area contributed by atoms with Gasteiger partial charge < -0.3 is 4.98 Å². The molecule has 0 bridgehead atoms. The summed E-state index contributed by atoms with van der Waals surface area (Å²) in [4.78, 5) is 27.0. The molecule has 1 saturated carbocycles. The summed E-state index contributed by atoms with van der Waals surface area (Å²) >= 11 is 0. The summed E-state index contributed by atoms with van der Waals surface area (Å²) in [5.41, 5.74) is 6.46. The predicted molar refractivity (Wildman–Crippen MR) is 75.9 cm³/mol. The molecule has 3 rings (SSSR count). The Morgan fingerprint density at radius 1 is 1.10 bits per heavy atom. The summed E-state index contributed by atoms with van der Waals surface area (Å²) < 4.78 is 0. The topological polar surface area (TPSA) is 74.0 Å². The van der Waals surface area contributed by atoms with Gasteiger partial charge in [-0.2, -0.15) is 0 Å². The number of hydrogen-bond acceptors (Lipinski definition) is 2. The van der Waals surface area contributed by atoms with Gasteiger partial charge in [-0.3, -0.25) is 20.4 Å². The zero-order chi connectivity index (χ0) is 13.9. The fourth-order valence-corrected chi connectivity index (χ4v) is 2.74. The highest BCUT2D eigenvalue weighted by molar-refractivity contribution is 6.07. The van der Waals surface area contributed by atoms with E-state index in [1.807, 2.05) is 24.3 Å². The molecule has 1 heterocycles. The van der Waals surface area contributed by atoms with Crippen LogP contribution in [0.5, 0.6) is 0 Å². The fourth-order valence-electron chi connectivity index (χ4n) is 2.74. The molecule has 0 atom stereocenters. The zero-order valence-corrected chi connectivity index (χ0v) is 11.1. The van der Waals surface area contributed by atoms with Crippen molar-refractivity contribution in [3.8, 4) is 0 Å². The first-order valence-electron chi connectivity index (χ1n) is 6.92. The third-order valence-corrected chi connectivity index (χ3v) is 3.86. The first-order chi connectivity index (χ1) is 9.75. The minimum absolute atomic E-state index is 0.0401. The van der Waals surface area contributed by atoms with Crippen LogP contribution < -0.4 is 10.9 Å². The molecule has 1 aromatic carbocycles. The van der Waals surface area contributed by atoms with Crippen LogP contribution in [0.4, 0.5) is 0 Å². The molecular formula is C15H17N3O2. The molecule has 5 heteroatoms. The van der Waals surface area contributed by atoms with Crippen molar-refractivity contribution in [1.82, 2.24) is 15.8 Å². The average molecular weight is 271 g/mol. The lowest BCUT2D eigenvalue weighted by Gasteiger charge is -2.10. The molecule has 1 aromatic heterocycles. The Morgan fingerprint density at radius 2 is 1.85 bits per heavy atom. The van der Waals surface area contributed by atoms with Crippen molar-refractivity contribution < 1.29 is 9.59 Å². The fraction of sp³-hybridized carbons (Fsp3) is 0.333. The van der Waals surface area contributed by atoms with E-state index in [2.05, 4.69) is 15.8 Å². The predicted octanol–water partition coefficient (Wildman–Crippen LogP) is 2.12. The number of aromatic nitrogens is 1. The minimum Gasteiger partial charge on any atom is -0.360 e. The summed E-state index contributed by atoms with van der Waals surface area (Å²) in [5.74, 6) is -0.345. The molecule has 1 fully saturated rings. The molecule has 2 amide bonds. The number of hydrazine groups is 1. The molecule has 0 aliphatic heterocycles. The molecule has 2 aromatic rings. The van der Waals surface area contributed by atoms with E-state index in [0.717, 1.165) is 36.6 Å². The van der Waals surface area contributed by atoms with Gasteiger partial charge in [0.15, 0.2) is 0 Å². The molecule has 5 nitrogen and oxygen atoms in total. The van der Waals surface area contributed by atoms with Gasteiger partial charge in [0.1, 0.15) is 0 Å². The van der Waals surface area contributed by atoms with E-state index in [4.69, 9.17) is 0 Å². The molecule has 0 radical (unpaired) electrons. The monoisotopic (exact) mass is 271 g/mol. The van der Waals surface area contributed by atoms with E-state index in [1.165, 1.54) is 0 Å². The van der Waals surface area contributed by atoms with Crippen LogP contribution in [0.25, 0.3) is 10.9 Å². The quantitative estimate of drug-likeness (QED) is 0.732. The van der Waals surface area contributed by atoms with Crippen LogP contribution in [0.3, 0.4) is 0 Å². The van der Waals surface area contributed by atoms with Crippen molar-refractivity contribution >= 4 is 22.7 Å². The maximum absolute atomic E-state index is 12.1. The van der Waals surface area contributed by atoms with Crippen LogP contribution in [-0.2, 0) is 4.79 Å². The largest absolute Gasteiger partial charge is 0.360 e. The van der Waals surface area contributed by atoms with Gasteiger partial charge in [-0.15, -0.1) is 0 Å². The van der Waals surface area contributed by atoms with Gasteiger partial charge >= 0.3 is 0 Å². The second-order valence-corrected chi connectivity index (χ2v) is 5.17. The standard InChI is InChI=1S/C15H17N3O2/c19-14(10-5-1-2-6-10)17-18-15(20)12-9-16-13-8-4-3-7-11(12)13/h3-4,7-10,16H,1-2,5-6H2,(H,17,19)(H,18,20). The highest BCUT2D eigenvalue weighted by Gasteiger charge is 2.23. The maximum atomic E-state index is 12.1. The number of benzene rings is 1. The van der Waals surface area contributed by atoms with Crippen molar-refractivity contribution in [2.75, 3.05) is 0 Å². The molecule has 1 aliphatic rings. The number of carbonyl (C=O) groups excluding carboxylic acids is 2. The van der Waals surface area contributed by atoms with Gasteiger partial charge in [0.05, 0.1) is 5.56 Å². The van der Waals surface area contributed by atoms with Crippen molar-refractivity contribution in [2.45, 2.75) is 25.7 Å².